The van der Waals surface area contributed by atoms with E-state index >= 15 is 0 Å². The molecule has 2 rings (SSSR count). The first-order chi connectivity index (χ1) is 8.02. The van der Waals surface area contributed by atoms with E-state index in [1.807, 2.05) is 13.0 Å². The van der Waals surface area contributed by atoms with Crippen LogP contribution in [0, 0.1) is 19.8 Å². The molecule has 0 aliphatic heterocycles. The van der Waals surface area contributed by atoms with Crippen LogP contribution in [0.4, 0.5) is 0 Å². The highest BCUT2D eigenvalue weighted by atomic mass is 32.2. The minimum absolute atomic E-state index is 0.189. The second kappa shape index (κ2) is 4.61. The molecular weight excluding hydrogens is 236 g/mol. The van der Waals surface area contributed by atoms with Gasteiger partial charge >= 0.3 is 5.97 Å². The van der Waals surface area contributed by atoms with Gasteiger partial charge in [-0.05, 0) is 43.5 Å². The van der Waals surface area contributed by atoms with Gasteiger partial charge in [0.2, 0.25) is 0 Å². The van der Waals surface area contributed by atoms with Gasteiger partial charge in [0.05, 0.1) is 13.0 Å². The third-order valence-electron chi connectivity index (χ3n) is 3.11. The van der Waals surface area contributed by atoms with Crippen LogP contribution in [0.2, 0.25) is 0 Å². The summed E-state index contributed by atoms with van der Waals surface area (Å²) in [6, 6.07) is 4.09. The van der Waals surface area contributed by atoms with Gasteiger partial charge in [-0.2, -0.15) is 0 Å². The quantitative estimate of drug-likeness (QED) is 0.895. The van der Waals surface area contributed by atoms with Crippen molar-refractivity contribution < 1.29 is 14.6 Å². The summed E-state index contributed by atoms with van der Waals surface area (Å²) in [5.74, 6) is -0.0363. The number of thioether (sulfide) groups is 1. The molecule has 17 heavy (non-hydrogen) atoms. The van der Waals surface area contributed by atoms with Crippen molar-refractivity contribution in [2.75, 3.05) is 7.11 Å². The summed E-state index contributed by atoms with van der Waals surface area (Å²) in [4.78, 5) is 11.8. The fourth-order valence-corrected chi connectivity index (χ4v) is 3.15. The summed E-state index contributed by atoms with van der Waals surface area (Å²) in [6.45, 7) is 4.10. The van der Waals surface area contributed by atoms with Gasteiger partial charge in [0.1, 0.15) is 5.75 Å². The lowest BCUT2D eigenvalue weighted by atomic mass is 10.1. The number of aryl methyl sites for hydroxylation is 2. The van der Waals surface area contributed by atoms with Gasteiger partial charge in [-0.3, -0.25) is 4.79 Å². The average molecular weight is 252 g/mol. The third-order valence-corrected chi connectivity index (χ3v) is 4.50. The van der Waals surface area contributed by atoms with Gasteiger partial charge in [0.25, 0.3) is 0 Å². The molecule has 0 saturated heterocycles. The van der Waals surface area contributed by atoms with E-state index in [0.717, 1.165) is 17.1 Å². The van der Waals surface area contributed by atoms with E-state index in [1.54, 1.807) is 18.9 Å². The van der Waals surface area contributed by atoms with E-state index in [-0.39, 0.29) is 11.2 Å². The number of carbonyl (C=O) groups is 1. The summed E-state index contributed by atoms with van der Waals surface area (Å²) >= 11 is 1.61. The molecule has 1 aromatic carbocycles. The van der Waals surface area contributed by atoms with E-state index in [4.69, 9.17) is 9.84 Å². The first-order valence-electron chi connectivity index (χ1n) is 5.57. The van der Waals surface area contributed by atoms with Gasteiger partial charge in [-0.15, -0.1) is 11.8 Å². The summed E-state index contributed by atoms with van der Waals surface area (Å²) in [7, 11) is 1.65. The first-order valence-corrected chi connectivity index (χ1v) is 6.45. The first kappa shape index (κ1) is 12.3. The summed E-state index contributed by atoms with van der Waals surface area (Å²) in [5.41, 5.74) is 2.40. The molecule has 92 valence electrons. The highest BCUT2D eigenvalue weighted by Gasteiger charge is 2.44. The second-order valence-electron chi connectivity index (χ2n) is 4.42. The minimum atomic E-state index is -0.690. The van der Waals surface area contributed by atoms with Crippen molar-refractivity contribution in [2.24, 2.45) is 5.92 Å². The maximum absolute atomic E-state index is 10.8. The zero-order valence-corrected chi connectivity index (χ0v) is 11.0. The molecule has 1 saturated carbocycles. The lowest BCUT2D eigenvalue weighted by Crippen LogP contribution is -2.00. The van der Waals surface area contributed by atoms with Gasteiger partial charge < -0.3 is 9.84 Å². The van der Waals surface area contributed by atoms with Crippen LogP contribution in [-0.2, 0) is 4.79 Å². The largest absolute Gasteiger partial charge is 0.496 e. The minimum Gasteiger partial charge on any atom is -0.496 e. The standard InChI is InChI=1S/C13H16O3S/c1-7-4-10(16-3)12(5-8(7)2)17-11-6-9(11)13(14)15/h4-5,9,11H,6H2,1-3H3,(H,14,15). The average Bonchev–Trinajstić information content (AvgIpc) is 3.02. The summed E-state index contributed by atoms with van der Waals surface area (Å²) in [5, 5.41) is 9.08. The Morgan fingerprint density at radius 2 is 2.06 bits per heavy atom. The Bertz CT molecular complexity index is 456. The van der Waals surface area contributed by atoms with Gasteiger partial charge in [0, 0.05) is 10.1 Å². The molecule has 0 spiro atoms. The Morgan fingerprint density at radius 3 is 2.59 bits per heavy atom. The zero-order valence-electron chi connectivity index (χ0n) is 10.2. The molecular formula is C13H16O3S. The van der Waals surface area contributed by atoms with Gasteiger partial charge in [0.15, 0.2) is 0 Å². The van der Waals surface area contributed by atoms with Crippen molar-refractivity contribution in [1.82, 2.24) is 0 Å². The lowest BCUT2D eigenvalue weighted by Gasteiger charge is -2.11. The number of rotatable bonds is 4. The van der Waals surface area contributed by atoms with Crippen molar-refractivity contribution in [1.29, 1.82) is 0 Å². The number of ether oxygens (including phenoxy) is 1. The van der Waals surface area contributed by atoms with Crippen molar-refractivity contribution in [2.45, 2.75) is 30.4 Å². The van der Waals surface area contributed by atoms with E-state index in [0.29, 0.717) is 0 Å². The predicted octanol–water partition coefficient (Wildman–Crippen LogP) is 2.88. The van der Waals surface area contributed by atoms with Crippen molar-refractivity contribution >= 4 is 17.7 Å². The van der Waals surface area contributed by atoms with Crippen LogP contribution in [0.1, 0.15) is 17.5 Å². The number of hydrogen-bond donors (Lipinski definition) is 1. The molecule has 2 unspecified atom stereocenters. The normalized spacial score (nSPS) is 22.3. The molecule has 0 radical (unpaired) electrons. The monoisotopic (exact) mass is 252 g/mol. The molecule has 1 fully saturated rings. The van der Waals surface area contributed by atoms with E-state index in [9.17, 15) is 4.79 Å². The van der Waals surface area contributed by atoms with Crippen molar-refractivity contribution in [3.63, 3.8) is 0 Å². The summed E-state index contributed by atoms with van der Waals surface area (Å²) in [6.07, 6.45) is 0.760. The number of benzene rings is 1. The molecule has 1 aliphatic carbocycles. The number of aliphatic carboxylic acids is 1. The zero-order chi connectivity index (χ0) is 12.6. The van der Waals surface area contributed by atoms with Crippen LogP contribution in [0.15, 0.2) is 17.0 Å². The van der Waals surface area contributed by atoms with Crippen LogP contribution >= 0.6 is 11.8 Å². The molecule has 0 amide bonds. The molecule has 0 heterocycles. The molecule has 0 aromatic heterocycles. The Labute approximate surface area is 105 Å². The van der Waals surface area contributed by atoms with Crippen LogP contribution < -0.4 is 4.74 Å². The number of carboxylic acid groups (broad SMARTS) is 1. The molecule has 1 N–H and O–H groups in total. The molecule has 0 bridgehead atoms. The molecule has 1 aliphatic rings. The topological polar surface area (TPSA) is 46.5 Å². The smallest absolute Gasteiger partial charge is 0.307 e. The van der Waals surface area contributed by atoms with Crippen LogP contribution in [0.3, 0.4) is 0 Å². The second-order valence-corrected chi connectivity index (χ2v) is 5.71. The van der Waals surface area contributed by atoms with Gasteiger partial charge in [-0.1, -0.05) is 0 Å². The Morgan fingerprint density at radius 1 is 1.41 bits per heavy atom. The van der Waals surface area contributed by atoms with Crippen LogP contribution in [0.5, 0.6) is 5.75 Å². The van der Waals surface area contributed by atoms with E-state index < -0.39 is 5.97 Å². The van der Waals surface area contributed by atoms with Crippen molar-refractivity contribution in [3.05, 3.63) is 23.3 Å². The van der Waals surface area contributed by atoms with Crippen molar-refractivity contribution in [3.8, 4) is 5.75 Å². The maximum atomic E-state index is 10.8. The summed E-state index contributed by atoms with van der Waals surface area (Å²) < 4.78 is 5.34. The Kier molecular flexibility index (Phi) is 3.33. The van der Waals surface area contributed by atoms with Crippen LogP contribution in [-0.4, -0.2) is 23.4 Å². The van der Waals surface area contributed by atoms with E-state index in [1.165, 1.54) is 11.1 Å². The molecule has 2 atom stereocenters. The van der Waals surface area contributed by atoms with Crippen LogP contribution in [0.25, 0.3) is 0 Å². The molecule has 3 nitrogen and oxygen atoms in total. The number of methoxy groups -OCH3 is 1. The van der Waals surface area contributed by atoms with Gasteiger partial charge in [-0.25, -0.2) is 0 Å². The van der Waals surface area contributed by atoms with E-state index in [2.05, 4.69) is 13.0 Å². The number of carboxylic acids is 1. The third kappa shape index (κ3) is 2.57. The SMILES string of the molecule is COc1cc(C)c(C)cc1SC1CC1C(=O)O. The molecule has 1 aromatic rings. The molecule has 4 heteroatoms. The Hall–Kier alpha value is -1.16. The predicted molar refractivity (Wildman–Crippen MR) is 67.9 cm³/mol. The number of hydrogen-bond acceptors (Lipinski definition) is 3. The fourth-order valence-electron chi connectivity index (χ4n) is 1.74. The fraction of sp³-hybridized carbons (Fsp3) is 0.462. The maximum Gasteiger partial charge on any atom is 0.307 e. The lowest BCUT2D eigenvalue weighted by molar-refractivity contribution is -0.138. The Balaban J connectivity index is 2.16. The highest BCUT2D eigenvalue weighted by Crippen LogP contribution is 2.48. The highest BCUT2D eigenvalue weighted by molar-refractivity contribution is 8.00.